The molecule has 1 rings (SSSR count). The van der Waals surface area contributed by atoms with Gasteiger partial charge in [-0.3, -0.25) is 9.63 Å². The van der Waals surface area contributed by atoms with Crippen molar-refractivity contribution in [1.29, 1.82) is 0 Å². The van der Waals surface area contributed by atoms with Crippen LogP contribution in [0.2, 0.25) is 0 Å². The Morgan fingerprint density at radius 2 is 2.31 bits per heavy atom. The van der Waals surface area contributed by atoms with Gasteiger partial charge in [-0.05, 0) is 20.8 Å². The predicted molar refractivity (Wildman–Crippen MR) is 56.5 cm³/mol. The van der Waals surface area contributed by atoms with Crippen LogP contribution in [0.15, 0.2) is 0 Å². The number of aryl methyl sites for hydroxylation is 1. The monoisotopic (exact) mass is 248 g/mol. The molecule has 90 valence electrons. The van der Waals surface area contributed by atoms with E-state index in [0.29, 0.717) is 5.01 Å². The Balaban J connectivity index is 2.51. The molecule has 1 aromatic heterocycles. The number of rotatable bonds is 4. The Bertz CT molecular complexity index is 387. The molecule has 0 aliphatic rings. The first-order chi connectivity index (χ1) is 7.29. The Morgan fingerprint density at radius 1 is 1.69 bits per heavy atom. The lowest BCUT2D eigenvalue weighted by Crippen LogP contribution is -2.33. The standard InChI is InChI=1S/C9H13FN2O3S/c1-5-11-7(10)6(16-5)8(13)12-15-4-9(2,3)14/h14H,4H2,1-3H3,(H,12,13). The molecule has 1 aromatic rings. The van der Waals surface area contributed by atoms with Gasteiger partial charge in [0.2, 0.25) is 5.95 Å². The van der Waals surface area contributed by atoms with Crippen LogP contribution in [0.5, 0.6) is 0 Å². The van der Waals surface area contributed by atoms with Crippen LogP contribution in [0.25, 0.3) is 0 Å². The number of carbonyl (C=O) groups excluding carboxylic acids is 1. The van der Waals surface area contributed by atoms with Gasteiger partial charge in [0.1, 0.15) is 6.61 Å². The first-order valence-electron chi connectivity index (χ1n) is 4.57. The number of aromatic nitrogens is 1. The fraction of sp³-hybridized carbons (Fsp3) is 0.556. The van der Waals surface area contributed by atoms with Crippen molar-refractivity contribution >= 4 is 17.2 Å². The lowest BCUT2D eigenvalue weighted by Gasteiger charge is -2.16. The van der Waals surface area contributed by atoms with Crippen LogP contribution in [0, 0.1) is 12.9 Å². The van der Waals surface area contributed by atoms with E-state index in [9.17, 15) is 14.3 Å². The lowest BCUT2D eigenvalue weighted by atomic mass is 10.2. The third kappa shape index (κ3) is 3.84. The van der Waals surface area contributed by atoms with E-state index in [1.807, 2.05) is 5.48 Å². The van der Waals surface area contributed by atoms with Crippen molar-refractivity contribution in [3.63, 3.8) is 0 Å². The third-order valence-electron chi connectivity index (χ3n) is 1.49. The molecule has 0 atom stereocenters. The first kappa shape index (κ1) is 13.0. The van der Waals surface area contributed by atoms with Crippen LogP contribution in [0.3, 0.4) is 0 Å². The highest BCUT2D eigenvalue weighted by molar-refractivity contribution is 7.13. The molecule has 0 aliphatic carbocycles. The van der Waals surface area contributed by atoms with Crippen molar-refractivity contribution in [3.05, 3.63) is 15.8 Å². The Labute approximate surface area is 96.2 Å². The molecule has 1 heterocycles. The van der Waals surface area contributed by atoms with Crippen LogP contribution >= 0.6 is 11.3 Å². The second-order valence-corrected chi connectivity index (χ2v) is 5.09. The minimum Gasteiger partial charge on any atom is -0.388 e. The van der Waals surface area contributed by atoms with E-state index in [2.05, 4.69) is 4.98 Å². The average Bonchev–Trinajstić information content (AvgIpc) is 2.43. The van der Waals surface area contributed by atoms with Gasteiger partial charge in [-0.25, -0.2) is 10.5 Å². The van der Waals surface area contributed by atoms with E-state index in [1.54, 1.807) is 6.92 Å². The van der Waals surface area contributed by atoms with Gasteiger partial charge in [0.25, 0.3) is 5.91 Å². The van der Waals surface area contributed by atoms with E-state index < -0.39 is 17.5 Å². The van der Waals surface area contributed by atoms with Gasteiger partial charge in [0.05, 0.1) is 10.6 Å². The maximum absolute atomic E-state index is 13.1. The van der Waals surface area contributed by atoms with Gasteiger partial charge in [-0.2, -0.15) is 4.39 Å². The Morgan fingerprint density at radius 3 is 2.75 bits per heavy atom. The smallest absolute Gasteiger partial charge is 0.289 e. The van der Waals surface area contributed by atoms with Crippen LogP contribution < -0.4 is 5.48 Å². The van der Waals surface area contributed by atoms with Crippen molar-refractivity contribution < 1.29 is 19.1 Å². The summed E-state index contributed by atoms with van der Waals surface area (Å²) in [5.74, 6) is -1.51. The van der Waals surface area contributed by atoms with Gasteiger partial charge >= 0.3 is 0 Å². The molecule has 0 spiro atoms. The molecular formula is C9H13FN2O3S. The van der Waals surface area contributed by atoms with Crippen LogP contribution in [0.1, 0.15) is 28.5 Å². The summed E-state index contributed by atoms with van der Waals surface area (Å²) in [4.78, 5) is 19.5. The van der Waals surface area contributed by atoms with Gasteiger partial charge < -0.3 is 5.11 Å². The van der Waals surface area contributed by atoms with Gasteiger partial charge in [-0.15, -0.1) is 11.3 Å². The molecule has 0 bridgehead atoms. The molecule has 0 aromatic carbocycles. The number of thiazole rings is 1. The molecule has 2 N–H and O–H groups in total. The molecule has 0 radical (unpaired) electrons. The number of halogens is 1. The molecular weight excluding hydrogens is 235 g/mol. The molecule has 1 amide bonds. The van der Waals surface area contributed by atoms with E-state index in [-0.39, 0.29) is 11.5 Å². The topological polar surface area (TPSA) is 71.5 Å². The van der Waals surface area contributed by atoms with E-state index in [0.717, 1.165) is 11.3 Å². The van der Waals surface area contributed by atoms with Crippen LogP contribution in [-0.2, 0) is 4.84 Å². The highest BCUT2D eigenvalue weighted by Crippen LogP contribution is 2.16. The summed E-state index contributed by atoms with van der Waals surface area (Å²) in [6, 6.07) is 0. The minimum absolute atomic E-state index is 0.0852. The summed E-state index contributed by atoms with van der Waals surface area (Å²) >= 11 is 0.940. The number of carbonyl (C=O) groups is 1. The molecule has 0 aliphatic heterocycles. The van der Waals surface area contributed by atoms with Crippen LogP contribution in [0.4, 0.5) is 4.39 Å². The van der Waals surface area contributed by atoms with Crippen molar-refractivity contribution in [2.45, 2.75) is 26.4 Å². The Kier molecular flexibility index (Phi) is 3.95. The molecule has 16 heavy (non-hydrogen) atoms. The van der Waals surface area contributed by atoms with Gasteiger partial charge in [-0.1, -0.05) is 0 Å². The van der Waals surface area contributed by atoms with Crippen molar-refractivity contribution in [3.8, 4) is 0 Å². The molecule has 0 saturated heterocycles. The van der Waals surface area contributed by atoms with Gasteiger partial charge in [0.15, 0.2) is 4.88 Å². The summed E-state index contributed by atoms with van der Waals surface area (Å²) in [6.45, 7) is 4.56. The second kappa shape index (κ2) is 4.86. The summed E-state index contributed by atoms with van der Waals surface area (Å²) in [5, 5.41) is 9.76. The fourth-order valence-electron chi connectivity index (χ4n) is 0.866. The maximum Gasteiger partial charge on any atom is 0.289 e. The maximum atomic E-state index is 13.1. The average molecular weight is 248 g/mol. The van der Waals surface area contributed by atoms with E-state index in [1.165, 1.54) is 13.8 Å². The van der Waals surface area contributed by atoms with E-state index >= 15 is 0 Å². The SMILES string of the molecule is Cc1nc(F)c(C(=O)NOCC(C)(C)O)s1. The fourth-order valence-corrected chi connectivity index (χ4v) is 1.55. The summed E-state index contributed by atoms with van der Waals surface area (Å²) in [6.07, 6.45) is 0. The lowest BCUT2D eigenvalue weighted by molar-refractivity contribution is -0.0522. The molecule has 7 heteroatoms. The number of aliphatic hydroxyl groups is 1. The normalized spacial score (nSPS) is 11.6. The largest absolute Gasteiger partial charge is 0.388 e. The highest BCUT2D eigenvalue weighted by Gasteiger charge is 2.18. The zero-order valence-electron chi connectivity index (χ0n) is 9.20. The summed E-state index contributed by atoms with van der Waals surface area (Å²) < 4.78 is 13.1. The van der Waals surface area contributed by atoms with Crippen molar-refractivity contribution in [1.82, 2.24) is 10.5 Å². The Hall–Kier alpha value is -1.05. The number of hydroxylamine groups is 1. The number of hydrogen-bond acceptors (Lipinski definition) is 5. The zero-order valence-corrected chi connectivity index (χ0v) is 10.0. The first-order valence-corrected chi connectivity index (χ1v) is 5.39. The number of nitrogens with one attached hydrogen (secondary N) is 1. The van der Waals surface area contributed by atoms with Crippen molar-refractivity contribution in [2.75, 3.05) is 6.61 Å². The number of hydrogen-bond donors (Lipinski definition) is 2. The predicted octanol–water partition coefficient (Wildman–Crippen LogP) is 1.02. The minimum atomic E-state index is -1.06. The van der Waals surface area contributed by atoms with E-state index in [4.69, 9.17) is 4.84 Å². The molecule has 0 fully saturated rings. The number of amides is 1. The summed E-state index contributed by atoms with van der Waals surface area (Å²) in [7, 11) is 0. The van der Waals surface area contributed by atoms with Crippen molar-refractivity contribution in [2.24, 2.45) is 0 Å². The number of nitrogens with zero attached hydrogens (tertiary/aromatic N) is 1. The van der Waals surface area contributed by atoms with Crippen LogP contribution in [-0.4, -0.2) is 28.2 Å². The quantitative estimate of drug-likeness (QED) is 0.780. The third-order valence-corrected chi connectivity index (χ3v) is 2.43. The second-order valence-electron chi connectivity index (χ2n) is 3.89. The van der Waals surface area contributed by atoms with Gasteiger partial charge in [0, 0.05) is 0 Å². The molecule has 0 unspecified atom stereocenters. The highest BCUT2D eigenvalue weighted by atomic mass is 32.1. The molecule has 5 nitrogen and oxygen atoms in total. The zero-order chi connectivity index (χ0) is 12.3. The summed E-state index contributed by atoms with van der Waals surface area (Å²) in [5.41, 5.74) is 0.981. The molecule has 0 saturated carbocycles.